The average Bonchev–Trinajstić information content (AvgIpc) is 2.66. The maximum absolute atomic E-state index is 12.9. The van der Waals surface area contributed by atoms with Crippen LogP contribution in [0.5, 0.6) is 0 Å². The summed E-state index contributed by atoms with van der Waals surface area (Å²) in [6.07, 6.45) is 3.56. The van der Waals surface area contributed by atoms with Gasteiger partial charge in [-0.1, -0.05) is 12.1 Å². The molecule has 0 aromatic heterocycles. The van der Waals surface area contributed by atoms with E-state index in [-0.39, 0.29) is 5.91 Å². The van der Waals surface area contributed by atoms with E-state index in [9.17, 15) is 9.90 Å². The van der Waals surface area contributed by atoms with Gasteiger partial charge in [0.05, 0.1) is 18.8 Å². The predicted octanol–water partition coefficient (Wildman–Crippen LogP) is 2.33. The number of amides is 1. The monoisotopic (exact) mass is 360 g/mol. The third-order valence-electron chi connectivity index (χ3n) is 5.51. The number of carbonyl (C=O) groups is 1. The highest BCUT2D eigenvalue weighted by atomic mass is 16.5. The fourth-order valence-electron chi connectivity index (χ4n) is 3.87. The first kappa shape index (κ1) is 19.3. The molecule has 0 unspecified atom stereocenters. The molecule has 2 aliphatic heterocycles. The van der Waals surface area contributed by atoms with E-state index in [0.717, 1.165) is 69.8 Å². The van der Waals surface area contributed by atoms with Crippen LogP contribution in [-0.2, 0) is 11.2 Å². The number of aliphatic hydroxyl groups is 1. The van der Waals surface area contributed by atoms with E-state index in [4.69, 9.17) is 4.74 Å². The fraction of sp³-hybridized carbons (Fsp3) is 0.667. The predicted molar refractivity (Wildman–Crippen MR) is 102 cm³/mol. The number of nitrogens with zero attached hydrogens (tertiary/aromatic N) is 2. The maximum atomic E-state index is 12.9. The van der Waals surface area contributed by atoms with Gasteiger partial charge in [-0.25, -0.2) is 0 Å². The minimum Gasteiger partial charge on any atom is -0.390 e. The summed E-state index contributed by atoms with van der Waals surface area (Å²) in [5.74, 6) is 0.135. The van der Waals surface area contributed by atoms with Crippen LogP contribution in [0.15, 0.2) is 24.3 Å². The second-order valence-corrected chi connectivity index (χ2v) is 8.18. The second-order valence-electron chi connectivity index (χ2n) is 8.18. The number of rotatable bonds is 5. The Kier molecular flexibility index (Phi) is 6.33. The van der Waals surface area contributed by atoms with Gasteiger partial charge in [0, 0.05) is 37.8 Å². The summed E-state index contributed by atoms with van der Waals surface area (Å²) in [6.45, 7) is 8.99. The van der Waals surface area contributed by atoms with Gasteiger partial charge in [0.2, 0.25) is 0 Å². The molecule has 0 aliphatic carbocycles. The average molecular weight is 360 g/mol. The van der Waals surface area contributed by atoms with Crippen LogP contribution >= 0.6 is 0 Å². The summed E-state index contributed by atoms with van der Waals surface area (Å²) >= 11 is 0. The molecule has 3 rings (SSSR count). The summed E-state index contributed by atoms with van der Waals surface area (Å²) in [5.41, 5.74) is 1.20. The van der Waals surface area contributed by atoms with Crippen molar-refractivity contribution in [2.45, 2.75) is 51.2 Å². The maximum Gasteiger partial charge on any atom is 0.253 e. The third-order valence-corrected chi connectivity index (χ3v) is 5.51. The lowest BCUT2D eigenvalue weighted by atomic mass is 9.97. The van der Waals surface area contributed by atoms with Crippen LogP contribution in [0.3, 0.4) is 0 Å². The molecule has 0 saturated carbocycles. The molecule has 1 amide bonds. The van der Waals surface area contributed by atoms with Crippen molar-refractivity contribution < 1.29 is 14.6 Å². The lowest BCUT2D eigenvalue weighted by Gasteiger charge is -2.40. The van der Waals surface area contributed by atoms with Gasteiger partial charge >= 0.3 is 0 Å². The number of ether oxygens (including phenoxy) is 1. The van der Waals surface area contributed by atoms with E-state index in [2.05, 4.69) is 4.90 Å². The highest BCUT2D eigenvalue weighted by Crippen LogP contribution is 2.20. The van der Waals surface area contributed by atoms with Crippen LogP contribution in [0.2, 0.25) is 0 Å². The summed E-state index contributed by atoms with van der Waals surface area (Å²) < 4.78 is 5.44. The second kappa shape index (κ2) is 8.51. The van der Waals surface area contributed by atoms with Crippen molar-refractivity contribution in [1.29, 1.82) is 0 Å². The third kappa shape index (κ3) is 5.29. The quantitative estimate of drug-likeness (QED) is 0.876. The Morgan fingerprint density at radius 3 is 2.54 bits per heavy atom. The molecule has 2 heterocycles. The van der Waals surface area contributed by atoms with E-state index < -0.39 is 5.60 Å². The highest BCUT2D eigenvalue weighted by molar-refractivity contribution is 5.94. The summed E-state index contributed by atoms with van der Waals surface area (Å²) in [7, 11) is 0. The van der Waals surface area contributed by atoms with Gasteiger partial charge in [-0.05, 0) is 57.2 Å². The normalized spacial score (nSPS) is 20.3. The standard InChI is InChI=1S/C21H32N2O3/c1-21(2,25)9-6-17-4-3-5-18(16-17)20(24)23-10-7-19(8-11-23)22-12-14-26-15-13-22/h3-5,16,19,25H,6-15H2,1-2H3. The van der Waals surface area contributed by atoms with E-state index in [1.807, 2.05) is 43.0 Å². The van der Waals surface area contributed by atoms with Crippen molar-refractivity contribution in [2.75, 3.05) is 39.4 Å². The molecule has 5 nitrogen and oxygen atoms in total. The lowest BCUT2D eigenvalue weighted by molar-refractivity contribution is 0.00159. The van der Waals surface area contributed by atoms with Gasteiger partial charge in [-0.2, -0.15) is 0 Å². The van der Waals surface area contributed by atoms with Crippen LogP contribution in [0.25, 0.3) is 0 Å². The smallest absolute Gasteiger partial charge is 0.253 e. The zero-order valence-corrected chi connectivity index (χ0v) is 16.1. The van der Waals surface area contributed by atoms with Crippen LogP contribution in [0.4, 0.5) is 0 Å². The van der Waals surface area contributed by atoms with Crippen molar-refractivity contribution in [1.82, 2.24) is 9.80 Å². The van der Waals surface area contributed by atoms with Crippen molar-refractivity contribution in [3.63, 3.8) is 0 Å². The number of carbonyl (C=O) groups excluding carboxylic acids is 1. The first-order chi connectivity index (χ1) is 12.4. The molecule has 144 valence electrons. The van der Waals surface area contributed by atoms with Gasteiger partial charge in [-0.3, -0.25) is 9.69 Å². The largest absolute Gasteiger partial charge is 0.390 e. The fourth-order valence-corrected chi connectivity index (χ4v) is 3.87. The number of hydrogen-bond donors (Lipinski definition) is 1. The number of likely N-dealkylation sites (tertiary alicyclic amines) is 1. The molecule has 2 fully saturated rings. The van der Waals surface area contributed by atoms with Crippen LogP contribution in [-0.4, -0.2) is 71.8 Å². The Morgan fingerprint density at radius 1 is 1.19 bits per heavy atom. The highest BCUT2D eigenvalue weighted by Gasteiger charge is 2.28. The van der Waals surface area contributed by atoms with E-state index in [1.54, 1.807) is 0 Å². The van der Waals surface area contributed by atoms with Gasteiger partial charge in [0.1, 0.15) is 0 Å². The Labute approximate surface area is 156 Å². The Hall–Kier alpha value is -1.43. The van der Waals surface area contributed by atoms with Crippen LogP contribution in [0, 0.1) is 0 Å². The topological polar surface area (TPSA) is 53.0 Å². The van der Waals surface area contributed by atoms with Crippen molar-refractivity contribution in [3.05, 3.63) is 35.4 Å². The zero-order valence-electron chi connectivity index (χ0n) is 16.1. The Balaban J connectivity index is 1.54. The number of morpholine rings is 1. The molecule has 5 heteroatoms. The van der Waals surface area contributed by atoms with E-state index >= 15 is 0 Å². The Bertz CT molecular complexity index is 598. The zero-order chi connectivity index (χ0) is 18.6. The van der Waals surface area contributed by atoms with Gasteiger partial charge in [-0.15, -0.1) is 0 Å². The molecular formula is C21H32N2O3. The minimum atomic E-state index is -0.679. The van der Waals surface area contributed by atoms with Crippen molar-refractivity contribution in [2.24, 2.45) is 0 Å². The Morgan fingerprint density at radius 2 is 1.88 bits per heavy atom. The van der Waals surface area contributed by atoms with E-state index in [0.29, 0.717) is 12.5 Å². The first-order valence-electron chi connectivity index (χ1n) is 9.85. The molecule has 1 N–H and O–H groups in total. The number of piperidine rings is 1. The SMILES string of the molecule is CC(C)(O)CCc1cccc(C(=O)N2CCC(N3CCOCC3)CC2)c1. The van der Waals surface area contributed by atoms with Gasteiger partial charge in [0.25, 0.3) is 5.91 Å². The molecule has 0 spiro atoms. The molecule has 26 heavy (non-hydrogen) atoms. The first-order valence-corrected chi connectivity index (χ1v) is 9.85. The van der Waals surface area contributed by atoms with Crippen molar-refractivity contribution >= 4 is 5.91 Å². The molecule has 0 bridgehead atoms. The molecule has 2 saturated heterocycles. The number of hydrogen-bond acceptors (Lipinski definition) is 4. The molecule has 0 atom stereocenters. The van der Waals surface area contributed by atoms with Crippen LogP contribution < -0.4 is 0 Å². The van der Waals surface area contributed by atoms with Crippen molar-refractivity contribution in [3.8, 4) is 0 Å². The molecule has 1 aromatic rings. The summed E-state index contributed by atoms with van der Waals surface area (Å²) in [6, 6.07) is 8.47. The van der Waals surface area contributed by atoms with Gasteiger partial charge < -0.3 is 14.7 Å². The lowest BCUT2D eigenvalue weighted by Crippen LogP contribution is -2.50. The summed E-state index contributed by atoms with van der Waals surface area (Å²) in [5, 5.41) is 9.91. The number of aryl methyl sites for hydroxylation is 1. The molecular weight excluding hydrogens is 328 g/mol. The molecule has 0 radical (unpaired) electrons. The van der Waals surface area contributed by atoms with Gasteiger partial charge in [0.15, 0.2) is 0 Å². The molecule has 2 aliphatic rings. The van der Waals surface area contributed by atoms with Crippen LogP contribution in [0.1, 0.15) is 49.0 Å². The molecule has 1 aromatic carbocycles. The van der Waals surface area contributed by atoms with E-state index in [1.165, 1.54) is 0 Å². The minimum absolute atomic E-state index is 0.135. The number of benzene rings is 1. The summed E-state index contributed by atoms with van der Waals surface area (Å²) in [4.78, 5) is 17.4.